The predicted molar refractivity (Wildman–Crippen MR) is 139 cm³/mol. The van der Waals surface area contributed by atoms with E-state index in [1.54, 1.807) is 4.68 Å². The molecule has 8 heteroatoms. The van der Waals surface area contributed by atoms with Crippen molar-refractivity contribution in [2.24, 2.45) is 52.3 Å². The van der Waals surface area contributed by atoms with E-state index in [1.807, 2.05) is 0 Å². The van der Waals surface area contributed by atoms with E-state index in [9.17, 15) is 15.0 Å². The van der Waals surface area contributed by atoms with Gasteiger partial charge in [-0.25, -0.2) is 4.68 Å². The van der Waals surface area contributed by atoms with Crippen molar-refractivity contribution in [2.75, 3.05) is 0 Å². The topological polar surface area (TPSA) is 121 Å². The van der Waals surface area contributed by atoms with Crippen LogP contribution >= 0.6 is 0 Å². The smallest absolute Gasteiger partial charge is 0.311 e. The molecule has 4 aliphatic carbocycles. The number of tetrazole rings is 1. The molecule has 37 heavy (non-hydrogen) atoms. The summed E-state index contributed by atoms with van der Waals surface area (Å²) in [5.41, 5.74) is 0.509. The van der Waals surface area contributed by atoms with E-state index in [2.05, 4.69) is 43.2 Å². The van der Waals surface area contributed by atoms with Gasteiger partial charge in [0.25, 0.3) is 0 Å². The summed E-state index contributed by atoms with van der Waals surface area (Å²) in [6.07, 6.45) is 10.2. The summed E-state index contributed by atoms with van der Waals surface area (Å²) in [6, 6.07) is 0. The van der Waals surface area contributed by atoms with Crippen LogP contribution in [0.2, 0.25) is 0 Å². The molecule has 4 saturated carbocycles. The molecule has 0 amide bonds. The zero-order valence-electron chi connectivity index (χ0n) is 23.2. The maximum atomic E-state index is 11.9. The van der Waals surface area contributed by atoms with Gasteiger partial charge in [0, 0.05) is 6.54 Å². The second-order valence-corrected chi connectivity index (χ2v) is 13.6. The summed E-state index contributed by atoms with van der Waals surface area (Å²) in [7, 11) is 0. The highest BCUT2D eigenvalue weighted by molar-refractivity contribution is 5.68. The summed E-state index contributed by atoms with van der Waals surface area (Å²) in [6.45, 7) is 10.3. The van der Waals surface area contributed by atoms with Gasteiger partial charge in [-0.05, 0) is 120 Å². The van der Waals surface area contributed by atoms with Crippen LogP contribution in [0.5, 0.6) is 0 Å². The van der Waals surface area contributed by atoms with Gasteiger partial charge in [0.15, 0.2) is 5.82 Å². The number of nitrogens with zero attached hydrogens (tertiary/aromatic N) is 4. The number of carbonyl (C=O) groups is 1. The summed E-state index contributed by atoms with van der Waals surface area (Å²) < 4.78 is 1.65. The average molecular weight is 517 g/mol. The Morgan fingerprint density at radius 3 is 2.54 bits per heavy atom. The lowest BCUT2D eigenvalue weighted by molar-refractivity contribution is -0.203. The summed E-state index contributed by atoms with van der Waals surface area (Å²) in [5, 5.41) is 43.0. The maximum absolute atomic E-state index is 11.9. The SMILES string of the molecule is CC[C@H]1C(O)C2C3CC[C@H]([C@H](C)CCCn4nnnc4CC(=O)O)[C@@]3(C)CCC2[C@@]2(C)CC[C@@H](O)C[C@@H]12. The van der Waals surface area contributed by atoms with Gasteiger partial charge in [0.1, 0.15) is 6.42 Å². The van der Waals surface area contributed by atoms with Crippen molar-refractivity contribution in [1.29, 1.82) is 0 Å². The van der Waals surface area contributed by atoms with Crippen LogP contribution in [0.15, 0.2) is 0 Å². The number of aliphatic hydroxyl groups excluding tert-OH is 2. The molecule has 0 spiro atoms. The van der Waals surface area contributed by atoms with E-state index in [1.165, 1.54) is 25.7 Å². The van der Waals surface area contributed by atoms with Crippen LogP contribution < -0.4 is 0 Å². The van der Waals surface area contributed by atoms with Crippen LogP contribution in [0.25, 0.3) is 0 Å². The number of carboxylic acids is 1. The molecule has 5 rings (SSSR count). The third-order valence-electron chi connectivity index (χ3n) is 12.1. The number of carboxylic acid groups (broad SMARTS) is 1. The molecular formula is C29H48N4O4. The number of rotatable bonds is 8. The molecule has 0 bridgehead atoms. The van der Waals surface area contributed by atoms with Crippen molar-refractivity contribution in [3.05, 3.63) is 5.82 Å². The predicted octanol–water partition coefficient (Wildman–Crippen LogP) is 4.34. The number of aryl methyl sites for hydroxylation is 1. The molecule has 4 fully saturated rings. The quantitative estimate of drug-likeness (QED) is 0.470. The van der Waals surface area contributed by atoms with E-state index in [4.69, 9.17) is 5.11 Å². The lowest BCUT2D eigenvalue weighted by Gasteiger charge is -2.64. The lowest BCUT2D eigenvalue weighted by Crippen LogP contribution is -2.62. The Balaban J connectivity index is 1.28. The van der Waals surface area contributed by atoms with Gasteiger partial charge >= 0.3 is 5.97 Å². The van der Waals surface area contributed by atoms with Crippen molar-refractivity contribution in [1.82, 2.24) is 20.2 Å². The second-order valence-electron chi connectivity index (χ2n) is 13.6. The first-order valence-electron chi connectivity index (χ1n) is 14.9. The van der Waals surface area contributed by atoms with Crippen molar-refractivity contribution >= 4 is 5.97 Å². The summed E-state index contributed by atoms with van der Waals surface area (Å²) >= 11 is 0. The molecule has 3 N–H and O–H groups in total. The van der Waals surface area contributed by atoms with E-state index < -0.39 is 5.97 Å². The molecule has 8 nitrogen and oxygen atoms in total. The Hall–Kier alpha value is -1.54. The van der Waals surface area contributed by atoms with Crippen molar-refractivity contribution in [3.8, 4) is 0 Å². The fourth-order valence-electron chi connectivity index (χ4n) is 10.4. The van der Waals surface area contributed by atoms with E-state index in [-0.39, 0.29) is 29.5 Å². The van der Waals surface area contributed by atoms with Gasteiger partial charge in [-0.1, -0.05) is 34.1 Å². The van der Waals surface area contributed by atoms with Gasteiger partial charge in [0.05, 0.1) is 12.2 Å². The average Bonchev–Trinajstić information content (AvgIpc) is 3.43. The highest BCUT2D eigenvalue weighted by Crippen LogP contribution is 2.69. The first kappa shape index (κ1) is 27.0. The minimum Gasteiger partial charge on any atom is -0.481 e. The fraction of sp³-hybridized carbons (Fsp3) is 0.931. The van der Waals surface area contributed by atoms with Crippen LogP contribution in [-0.4, -0.2) is 53.7 Å². The van der Waals surface area contributed by atoms with Gasteiger partial charge in [-0.3, -0.25) is 4.79 Å². The Kier molecular flexibility index (Phi) is 7.47. The number of aromatic nitrogens is 4. The highest BCUT2D eigenvalue weighted by Gasteiger charge is 2.64. The second kappa shape index (κ2) is 10.2. The number of hydrogen-bond donors (Lipinski definition) is 3. The summed E-state index contributed by atoms with van der Waals surface area (Å²) in [4.78, 5) is 11.1. The molecule has 1 heterocycles. The molecule has 0 aromatic carbocycles. The first-order chi connectivity index (χ1) is 17.6. The molecule has 208 valence electrons. The lowest BCUT2D eigenvalue weighted by atomic mass is 9.41. The van der Waals surface area contributed by atoms with E-state index in [0.717, 1.165) is 38.5 Å². The first-order valence-corrected chi connectivity index (χ1v) is 14.9. The monoisotopic (exact) mass is 516 g/mol. The molecular weight excluding hydrogens is 468 g/mol. The highest BCUT2D eigenvalue weighted by atomic mass is 16.4. The number of aliphatic carboxylic acids is 1. The normalized spacial score (nSPS) is 44.1. The van der Waals surface area contributed by atoms with Crippen molar-refractivity contribution in [2.45, 2.75) is 117 Å². The Morgan fingerprint density at radius 1 is 1.08 bits per heavy atom. The van der Waals surface area contributed by atoms with Crippen LogP contribution in [-0.2, 0) is 17.8 Å². The van der Waals surface area contributed by atoms with Crippen LogP contribution in [0.4, 0.5) is 0 Å². The van der Waals surface area contributed by atoms with Gasteiger partial charge in [-0.2, -0.15) is 0 Å². The molecule has 0 saturated heterocycles. The molecule has 4 unspecified atom stereocenters. The maximum Gasteiger partial charge on any atom is 0.311 e. The zero-order chi connectivity index (χ0) is 26.5. The molecule has 1 aromatic rings. The minimum absolute atomic E-state index is 0.146. The van der Waals surface area contributed by atoms with Gasteiger partial charge in [0.2, 0.25) is 0 Å². The van der Waals surface area contributed by atoms with Crippen LogP contribution in [0.3, 0.4) is 0 Å². The minimum atomic E-state index is -0.912. The van der Waals surface area contributed by atoms with E-state index >= 15 is 0 Å². The third kappa shape index (κ3) is 4.54. The molecule has 11 atom stereocenters. The number of hydrogen-bond acceptors (Lipinski definition) is 6. The molecule has 0 aliphatic heterocycles. The fourth-order valence-corrected chi connectivity index (χ4v) is 10.4. The molecule has 0 radical (unpaired) electrons. The third-order valence-corrected chi connectivity index (χ3v) is 12.1. The standard InChI is InChI=1S/C29H48N4O4/c1-5-19-23-15-18(34)10-12-29(23,4)22-11-13-28(3)20(8-9-21(28)26(22)27(19)37)17(2)7-6-14-33-24(16-25(35)36)30-31-32-33/h17-23,26-27,34,37H,5-16H2,1-4H3,(H,35,36)/t17-,18-,19-,20-,21?,22?,23+,26?,27?,28-,29-/m1/s1. The number of aliphatic hydroxyl groups is 2. The molecule has 4 aliphatic rings. The molecule has 1 aromatic heterocycles. The van der Waals surface area contributed by atoms with Crippen LogP contribution in [0.1, 0.15) is 97.7 Å². The van der Waals surface area contributed by atoms with Gasteiger partial charge in [-0.15, -0.1) is 5.10 Å². The largest absolute Gasteiger partial charge is 0.481 e. The Bertz CT molecular complexity index is 969. The zero-order valence-corrected chi connectivity index (χ0v) is 23.2. The van der Waals surface area contributed by atoms with E-state index in [0.29, 0.717) is 53.8 Å². The van der Waals surface area contributed by atoms with Crippen molar-refractivity contribution in [3.63, 3.8) is 0 Å². The Labute approximate surface area is 221 Å². The van der Waals surface area contributed by atoms with Crippen molar-refractivity contribution < 1.29 is 20.1 Å². The van der Waals surface area contributed by atoms with Gasteiger partial charge < -0.3 is 15.3 Å². The van der Waals surface area contributed by atoms with Crippen LogP contribution in [0, 0.1) is 52.3 Å². The number of fused-ring (bicyclic) bond motifs is 5. The Morgan fingerprint density at radius 2 is 1.81 bits per heavy atom. The summed E-state index contributed by atoms with van der Waals surface area (Å²) in [5.74, 6) is 3.01.